The molecular weight excluding hydrogens is 324 g/mol. The van der Waals surface area contributed by atoms with Gasteiger partial charge in [-0.25, -0.2) is 0 Å². The monoisotopic (exact) mass is 360 g/mol. The highest BCUT2D eigenvalue weighted by atomic mass is 16.1. The molecular formula is C22H36N2O2. The number of carbonyl (C=O) groups is 2. The van der Waals surface area contributed by atoms with E-state index in [2.05, 4.69) is 9.80 Å². The molecule has 0 saturated carbocycles. The van der Waals surface area contributed by atoms with Crippen LogP contribution in [0.4, 0.5) is 0 Å². The maximum Gasteiger partial charge on any atom is 0.136 e. The Bertz CT molecular complexity index is 442. The van der Waals surface area contributed by atoms with Gasteiger partial charge in [-0.2, -0.15) is 0 Å². The van der Waals surface area contributed by atoms with Crippen molar-refractivity contribution >= 4 is 11.6 Å². The summed E-state index contributed by atoms with van der Waals surface area (Å²) in [6, 6.07) is 2.31. The summed E-state index contributed by atoms with van der Waals surface area (Å²) in [7, 11) is 0. The summed E-state index contributed by atoms with van der Waals surface area (Å²) >= 11 is 0. The molecule has 0 aromatic heterocycles. The lowest BCUT2D eigenvalue weighted by molar-refractivity contribution is -0.124. The van der Waals surface area contributed by atoms with Crippen LogP contribution in [-0.2, 0) is 9.59 Å². The van der Waals surface area contributed by atoms with Crippen molar-refractivity contribution in [3.05, 3.63) is 0 Å². The molecule has 0 amide bonds. The zero-order chi connectivity index (χ0) is 17.9. The Morgan fingerprint density at radius 3 is 1.19 bits per heavy atom. The van der Waals surface area contributed by atoms with Gasteiger partial charge in [0.15, 0.2) is 0 Å². The Hall–Kier alpha value is -0.740. The van der Waals surface area contributed by atoms with E-state index in [0.717, 1.165) is 25.7 Å². The zero-order valence-electron chi connectivity index (χ0n) is 16.3. The van der Waals surface area contributed by atoms with Crippen LogP contribution in [0.3, 0.4) is 0 Å². The van der Waals surface area contributed by atoms with Crippen LogP contribution in [0.25, 0.3) is 0 Å². The lowest BCUT2D eigenvalue weighted by Crippen LogP contribution is -2.43. The van der Waals surface area contributed by atoms with Gasteiger partial charge < -0.3 is 0 Å². The third kappa shape index (κ3) is 4.22. The van der Waals surface area contributed by atoms with Gasteiger partial charge in [-0.15, -0.1) is 0 Å². The van der Waals surface area contributed by atoms with Crippen LogP contribution >= 0.6 is 0 Å². The Morgan fingerprint density at radius 2 is 0.846 bits per heavy atom. The van der Waals surface area contributed by atoms with Crippen LogP contribution in [0.1, 0.15) is 89.9 Å². The van der Waals surface area contributed by atoms with E-state index in [9.17, 15) is 9.59 Å². The molecule has 4 nitrogen and oxygen atoms in total. The number of nitrogens with zero attached hydrogens (tertiary/aromatic N) is 2. The molecule has 4 unspecified atom stereocenters. The topological polar surface area (TPSA) is 40.6 Å². The van der Waals surface area contributed by atoms with E-state index in [-0.39, 0.29) is 0 Å². The average molecular weight is 361 g/mol. The maximum atomic E-state index is 11.7. The number of carbonyl (C=O) groups excluding carboxylic acids is 2. The number of ketones is 2. The van der Waals surface area contributed by atoms with Gasteiger partial charge in [0.2, 0.25) is 0 Å². The molecule has 4 atom stereocenters. The number of Topliss-reactive ketones (excluding diaryl/α,β-unsaturated/α-hetero) is 2. The van der Waals surface area contributed by atoms with Crippen LogP contribution in [0.2, 0.25) is 0 Å². The normalized spacial score (nSPS) is 34.8. The second-order valence-electron chi connectivity index (χ2n) is 9.26. The molecule has 4 heterocycles. The second kappa shape index (κ2) is 8.52. The van der Waals surface area contributed by atoms with Crippen molar-refractivity contribution in [2.45, 2.75) is 114 Å². The number of piperidine rings is 2. The highest BCUT2D eigenvalue weighted by Crippen LogP contribution is 2.35. The van der Waals surface area contributed by atoms with E-state index in [0.29, 0.717) is 35.7 Å². The maximum absolute atomic E-state index is 11.7. The minimum Gasteiger partial charge on any atom is -0.300 e. The predicted octanol–water partition coefficient (Wildman–Crippen LogP) is 3.72. The number of rotatable bonds is 9. The fourth-order valence-corrected chi connectivity index (χ4v) is 6.15. The molecule has 0 spiro atoms. The zero-order valence-corrected chi connectivity index (χ0v) is 16.3. The van der Waals surface area contributed by atoms with Gasteiger partial charge in [0, 0.05) is 49.9 Å². The Kier molecular flexibility index (Phi) is 6.10. The SMILES string of the molecule is O=C1CC2CCC(C1)N2CCCCCCCCN1C2CCC1CC(=O)C2. The highest BCUT2D eigenvalue weighted by Gasteiger charge is 2.40. The molecule has 0 radical (unpaired) electrons. The van der Waals surface area contributed by atoms with Gasteiger partial charge >= 0.3 is 0 Å². The Balaban J connectivity index is 1.04. The summed E-state index contributed by atoms with van der Waals surface area (Å²) in [5, 5.41) is 0. The third-order valence-electron chi connectivity index (χ3n) is 7.48. The molecule has 0 aromatic carbocycles. The van der Waals surface area contributed by atoms with Gasteiger partial charge in [-0.3, -0.25) is 19.4 Å². The van der Waals surface area contributed by atoms with Crippen molar-refractivity contribution in [2.75, 3.05) is 13.1 Å². The minimum absolute atomic E-state index is 0.500. The molecule has 4 aliphatic heterocycles. The number of hydrogen-bond acceptors (Lipinski definition) is 4. The molecule has 0 aromatic rings. The van der Waals surface area contributed by atoms with E-state index in [4.69, 9.17) is 0 Å². The summed E-state index contributed by atoms with van der Waals surface area (Å²) in [4.78, 5) is 28.6. The quantitative estimate of drug-likeness (QED) is 0.588. The van der Waals surface area contributed by atoms with Gasteiger partial charge in [0.25, 0.3) is 0 Å². The average Bonchev–Trinajstić information content (AvgIpc) is 2.99. The number of unbranched alkanes of at least 4 members (excludes halogenated alkanes) is 5. The van der Waals surface area contributed by atoms with Gasteiger partial charge in [-0.05, 0) is 51.6 Å². The van der Waals surface area contributed by atoms with Crippen LogP contribution in [0.15, 0.2) is 0 Å². The largest absolute Gasteiger partial charge is 0.300 e. The Morgan fingerprint density at radius 1 is 0.538 bits per heavy atom. The van der Waals surface area contributed by atoms with Crippen molar-refractivity contribution in [3.63, 3.8) is 0 Å². The first-order valence-corrected chi connectivity index (χ1v) is 11.3. The predicted molar refractivity (Wildman–Crippen MR) is 103 cm³/mol. The summed E-state index contributed by atoms with van der Waals surface area (Å²) < 4.78 is 0. The number of hydrogen-bond donors (Lipinski definition) is 0. The molecule has 0 N–H and O–H groups in total. The van der Waals surface area contributed by atoms with Crippen LogP contribution in [-0.4, -0.2) is 58.6 Å². The van der Waals surface area contributed by atoms with E-state index >= 15 is 0 Å². The summed E-state index contributed by atoms with van der Waals surface area (Å²) in [5.41, 5.74) is 0. The molecule has 4 saturated heterocycles. The van der Waals surface area contributed by atoms with E-state index in [1.807, 2.05) is 0 Å². The fourth-order valence-electron chi connectivity index (χ4n) is 6.15. The molecule has 4 aliphatic rings. The highest BCUT2D eigenvalue weighted by molar-refractivity contribution is 5.81. The van der Waals surface area contributed by atoms with Crippen LogP contribution < -0.4 is 0 Å². The van der Waals surface area contributed by atoms with E-state index < -0.39 is 0 Å². The smallest absolute Gasteiger partial charge is 0.136 e. The van der Waals surface area contributed by atoms with Crippen LogP contribution in [0.5, 0.6) is 0 Å². The van der Waals surface area contributed by atoms with Crippen molar-refractivity contribution < 1.29 is 9.59 Å². The summed E-state index contributed by atoms with van der Waals surface area (Å²) in [6.07, 6.45) is 16.3. The minimum atomic E-state index is 0.500. The molecule has 4 rings (SSSR count). The lowest BCUT2D eigenvalue weighted by atomic mass is 10.00. The van der Waals surface area contributed by atoms with E-state index in [1.165, 1.54) is 77.3 Å². The van der Waals surface area contributed by atoms with Crippen molar-refractivity contribution in [1.29, 1.82) is 0 Å². The van der Waals surface area contributed by atoms with Crippen molar-refractivity contribution in [3.8, 4) is 0 Å². The molecule has 4 heteroatoms. The van der Waals surface area contributed by atoms with Crippen LogP contribution in [0, 0.1) is 0 Å². The van der Waals surface area contributed by atoms with Gasteiger partial charge in [0.1, 0.15) is 11.6 Å². The van der Waals surface area contributed by atoms with Crippen molar-refractivity contribution in [1.82, 2.24) is 9.80 Å². The first-order chi connectivity index (χ1) is 12.7. The lowest BCUT2D eigenvalue weighted by Gasteiger charge is -2.34. The summed E-state index contributed by atoms with van der Waals surface area (Å²) in [6.45, 7) is 2.43. The Labute approximate surface area is 158 Å². The number of fused-ring (bicyclic) bond motifs is 4. The standard InChI is InChI=1S/C22H36N2O2/c25-21-13-17-7-8-18(14-21)23(17)11-5-3-1-2-4-6-12-24-19-9-10-20(24)16-22(26)15-19/h17-20H,1-16H2. The molecule has 146 valence electrons. The van der Waals surface area contributed by atoms with Gasteiger partial charge in [-0.1, -0.05) is 25.7 Å². The third-order valence-corrected chi connectivity index (χ3v) is 7.48. The molecule has 0 aliphatic carbocycles. The molecule has 4 bridgehead atoms. The second-order valence-corrected chi connectivity index (χ2v) is 9.26. The first-order valence-electron chi connectivity index (χ1n) is 11.3. The van der Waals surface area contributed by atoms with E-state index in [1.54, 1.807) is 0 Å². The van der Waals surface area contributed by atoms with Crippen molar-refractivity contribution in [2.24, 2.45) is 0 Å². The summed E-state index contributed by atoms with van der Waals surface area (Å²) in [5.74, 6) is 1.00. The first kappa shape index (κ1) is 18.6. The fraction of sp³-hybridized carbons (Fsp3) is 0.909. The van der Waals surface area contributed by atoms with Gasteiger partial charge in [0.05, 0.1) is 0 Å². The molecule has 26 heavy (non-hydrogen) atoms. The molecule has 4 fully saturated rings.